The van der Waals surface area contributed by atoms with E-state index in [4.69, 9.17) is 21.4 Å². The molecule has 26 heavy (non-hydrogen) atoms. The number of aryl methyl sites for hydroxylation is 1. The fourth-order valence-corrected chi connectivity index (χ4v) is 2.98. The summed E-state index contributed by atoms with van der Waals surface area (Å²) in [7, 11) is 0. The molecular formula is C19H14ClF3O3. The van der Waals surface area contributed by atoms with Gasteiger partial charge in [0.2, 0.25) is 6.10 Å². The highest BCUT2D eigenvalue weighted by atomic mass is 35.5. The second kappa shape index (κ2) is 6.68. The van der Waals surface area contributed by atoms with Gasteiger partial charge in [-0.15, -0.1) is 0 Å². The smallest absolute Gasteiger partial charge is 0.430 e. The van der Waals surface area contributed by atoms with E-state index in [9.17, 15) is 18.0 Å². The van der Waals surface area contributed by atoms with Gasteiger partial charge >= 0.3 is 12.1 Å². The van der Waals surface area contributed by atoms with E-state index in [0.29, 0.717) is 17.0 Å². The number of ether oxygens (including phenoxy) is 1. The topological polar surface area (TPSA) is 46.5 Å². The maximum absolute atomic E-state index is 13.2. The molecule has 3 rings (SSSR count). The minimum absolute atomic E-state index is 0.0381. The lowest BCUT2D eigenvalue weighted by molar-refractivity contribution is -0.187. The normalized spacial score (nSPS) is 16.5. The maximum atomic E-state index is 13.2. The van der Waals surface area contributed by atoms with Crippen LogP contribution in [0, 0.1) is 6.92 Å². The van der Waals surface area contributed by atoms with Crippen molar-refractivity contribution in [3.63, 3.8) is 0 Å². The van der Waals surface area contributed by atoms with Gasteiger partial charge in [-0.2, -0.15) is 13.2 Å². The van der Waals surface area contributed by atoms with Crippen molar-refractivity contribution in [3.8, 4) is 5.75 Å². The van der Waals surface area contributed by atoms with Crippen LogP contribution in [0.4, 0.5) is 13.2 Å². The minimum atomic E-state index is -4.83. The largest absolute Gasteiger partial charge is 0.478 e. The van der Waals surface area contributed by atoms with Crippen molar-refractivity contribution < 1.29 is 27.8 Å². The predicted molar refractivity (Wildman–Crippen MR) is 91.5 cm³/mol. The Kier molecular flexibility index (Phi) is 4.71. The van der Waals surface area contributed by atoms with Crippen LogP contribution in [0.25, 0.3) is 6.08 Å². The number of hydrogen-bond donors (Lipinski definition) is 1. The summed E-state index contributed by atoms with van der Waals surface area (Å²) in [5.74, 6) is -1.72. The number of rotatable bonds is 3. The first-order chi connectivity index (χ1) is 12.1. The van der Waals surface area contributed by atoms with Gasteiger partial charge < -0.3 is 9.84 Å². The summed E-state index contributed by atoms with van der Waals surface area (Å²) in [6.07, 6.45) is -5.97. The Balaban J connectivity index is 2.00. The molecule has 1 N–H and O–H groups in total. The van der Waals surface area contributed by atoms with E-state index in [1.807, 2.05) is 31.2 Å². The van der Waals surface area contributed by atoms with Crippen LogP contribution in [-0.2, 0) is 11.2 Å². The highest BCUT2D eigenvalue weighted by Crippen LogP contribution is 2.39. The molecule has 3 nitrogen and oxygen atoms in total. The molecule has 0 bridgehead atoms. The fraction of sp³-hybridized carbons (Fsp3) is 0.211. The molecule has 136 valence electrons. The van der Waals surface area contributed by atoms with Gasteiger partial charge in [-0.05, 0) is 42.7 Å². The molecule has 0 saturated carbocycles. The molecule has 2 aromatic carbocycles. The van der Waals surface area contributed by atoms with Crippen LogP contribution in [0.15, 0.2) is 42.0 Å². The lowest BCUT2D eigenvalue weighted by Crippen LogP contribution is -2.40. The summed E-state index contributed by atoms with van der Waals surface area (Å²) < 4.78 is 44.5. The van der Waals surface area contributed by atoms with E-state index < -0.39 is 23.8 Å². The van der Waals surface area contributed by atoms with E-state index in [1.54, 1.807) is 0 Å². The van der Waals surface area contributed by atoms with Crippen molar-refractivity contribution in [2.24, 2.45) is 0 Å². The van der Waals surface area contributed by atoms with Gasteiger partial charge in [0.15, 0.2) is 0 Å². The van der Waals surface area contributed by atoms with E-state index in [2.05, 4.69) is 0 Å². The Morgan fingerprint density at radius 3 is 2.46 bits per heavy atom. The molecule has 0 aliphatic carbocycles. The summed E-state index contributed by atoms with van der Waals surface area (Å²) >= 11 is 6.24. The molecule has 0 radical (unpaired) electrons. The van der Waals surface area contributed by atoms with Crippen molar-refractivity contribution in [2.45, 2.75) is 25.6 Å². The van der Waals surface area contributed by atoms with Gasteiger partial charge in [0, 0.05) is 10.6 Å². The Labute approximate surface area is 152 Å². The summed E-state index contributed by atoms with van der Waals surface area (Å²) in [6, 6.07) is 10.5. The number of carboxylic acid groups (broad SMARTS) is 1. The molecule has 1 heterocycles. The van der Waals surface area contributed by atoms with E-state index in [-0.39, 0.29) is 11.3 Å². The number of benzene rings is 2. The van der Waals surface area contributed by atoms with Gasteiger partial charge in [0.1, 0.15) is 5.75 Å². The quantitative estimate of drug-likeness (QED) is 0.809. The molecule has 0 aromatic heterocycles. The van der Waals surface area contributed by atoms with Crippen LogP contribution >= 0.6 is 11.6 Å². The molecule has 0 amide bonds. The van der Waals surface area contributed by atoms with Crippen LogP contribution in [0.1, 0.15) is 22.3 Å². The average Bonchev–Trinajstić information content (AvgIpc) is 2.55. The van der Waals surface area contributed by atoms with Crippen molar-refractivity contribution >= 4 is 23.6 Å². The van der Waals surface area contributed by atoms with Crippen molar-refractivity contribution in [1.29, 1.82) is 0 Å². The van der Waals surface area contributed by atoms with Crippen LogP contribution in [-0.4, -0.2) is 23.4 Å². The Bertz CT molecular complexity index is 886. The zero-order chi connectivity index (χ0) is 19.1. The first-order valence-electron chi connectivity index (χ1n) is 7.71. The lowest BCUT2D eigenvalue weighted by atomic mass is 9.97. The molecule has 1 atom stereocenters. The first kappa shape index (κ1) is 18.3. The standard InChI is InChI=1S/C19H14ClF3O3/c1-10-2-4-11(5-3-10)6-12-9-16-13(8-15(12)20)7-14(18(24)25)17(26-16)19(21,22)23/h2-5,7-9,17H,6H2,1H3,(H,24,25)/t17-/m0/s1. The number of carboxylic acids is 1. The molecule has 0 spiro atoms. The number of aliphatic carboxylic acids is 1. The van der Waals surface area contributed by atoms with Crippen molar-refractivity contribution in [1.82, 2.24) is 0 Å². The third-order valence-corrected chi connectivity index (χ3v) is 4.43. The minimum Gasteiger partial charge on any atom is -0.478 e. The highest BCUT2D eigenvalue weighted by molar-refractivity contribution is 6.31. The van der Waals surface area contributed by atoms with Gasteiger partial charge in [-0.3, -0.25) is 0 Å². The predicted octanol–water partition coefficient (Wildman–Crippen LogP) is 5.03. The van der Waals surface area contributed by atoms with Crippen molar-refractivity contribution in [2.75, 3.05) is 0 Å². The average molecular weight is 383 g/mol. The number of halogens is 4. The van der Waals surface area contributed by atoms with E-state index in [1.165, 1.54) is 12.1 Å². The Morgan fingerprint density at radius 1 is 1.23 bits per heavy atom. The van der Waals surface area contributed by atoms with E-state index in [0.717, 1.165) is 17.2 Å². The monoisotopic (exact) mass is 382 g/mol. The number of carbonyl (C=O) groups is 1. The fourth-order valence-electron chi connectivity index (χ4n) is 2.74. The zero-order valence-corrected chi connectivity index (χ0v) is 14.4. The summed E-state index contributed by atoms with van der Waals surface area (Å²) in [5, 5.41) is 9.39. The molecule has 0 saturated heterocycles. The van der Waals surface area contributed by atoms with E-state index >= 15 is 0 Å². The van der Waals surface area contributed by atoms with Crippen LogP contribution < -0.4 is 4.74 Å². The third kappa shape index (κ3) is 3.70. The second-order valence-electron chi connectivity index (χ2n) is 6.09. The number of fused-ring (bicyclic) bond motifs is 1. The molecule has 7 heteroatoms. The third-order valence-electron chi connectivity index (χ3n) is 4.08. The first-order valence-corrected chi connectivity index (χ1v) is 8.09. The Hall–Kier alpha value is -2.47. The summed E-state index contributed by atoms with van der Waals surface area (Å²) in [5.41, 5.74) is 1.98. The molecule has 0 fully saturated rings. The molecule has 1 aliphatic rings. The number of alkyl halides is 3. The highest BCUT2D eigenvalue weighted by Gasteiger charge is 2.48. The van der Waals surface area contributed by atoms with Crippen LogP contribution in [0.2, 0.25) is 5.02 Å². The van der Waals surface area contributed by atoms with Gasteiger partial charge in [0.05, 0.1) is 5.57 Å². The molecule has 2 aromatic rings. The van der Waals surface area contributed by atoms with Crippen LogP contribution in [0.5, 0.6) is 5.75 Å². The zero-order valence-electron chi connectivity index (χ0n) is 13.6. The lowest BCUT2D eigenvalue weighted by Gasteiger charge is -2.27. The maximum Gasteiger partial charge on any atom is 0.430 e. The summed E-state index contributed by atoms with van der Waals surface area (Å²) in [6.45, 7) is 1.95. The van der Waals surface area contributed by atoms with Gasteiger partial charge in [0.25, 0.3) is 0 Å². The second-order valence-corrected chi connectivity index (χ2v) is 6.50. The molecule has 1 aliphatic heterocycles. The van der Waals surface area contributed by atoms with Crippen molar-refractivity contribution in [3.05, 3.63) is 69.2 Å². The molecule has 0 unspecified atom stereocenters. The Morgan fingerprint density at radius 2 is 1.88 bits per heavy atom. The molecular weight excluding hydrogens is 369 g/mol. The SMILES string of the molecule is Cc1ccc(Cc2cc3c(cc2Cl)C=C(C(=O)O)[C@@H](C(F)(F)F)O3)cc1. The number of hydrogen-bond acceptors (Lipinski definition) is 2. The van der Waals surface area contributed by atoms with Crippen LogP contribution in [0.3, 0.4) is 0 Å². The summed E-state index contributed by atoms with van der Waals surface area (Å²) in [4.78, 5) is 11.2. The van der Waals surface area contributed by atoms with Gasteiger partial charge in [-0.1, -0.05) is 41.4 Å². The van der Waals surface area contributed by atoms with Gasteiger partial charge in [-0.25, -0.2) is 4.79 Å².